The van der Waals surface area contributed by atoms with Crippen LogP contribution in [0.15, 0.2) is 30.3 Å². The summed E-state index contributed by atoms with van der Waals surface area (Å²) in [5.41, 5.74) is 2.59. The van der Waals surface area contributed by atoms with Crippen molar-refractivity contribution >= 4 is 5.69 Å². The molecule has 2 aromatic carbocycles. The van der Waals surface area contributed by atoms with Crippen molar-refractivity contribution in [3.05, 3.63) is 58.7 Å². The average molecular weight is 289 g/mol. The van der Waals surface area contributed by atoms with E-state index in [-0.39, 0.29) is 17.5 Å². The van der Waals surface area contributed by atoms with E-state index in [1.54, 1.807) is 19.1 Å². The fraction of sp³-hybridized carbons (Fsp3) is 0.294. The smallest absolute Gasteiger partial charge is 0.146 e. The average Bonchev–Trinajstić information content (AvgIpc) is 2.44. The van der Waals surface area contributed by atoms with E-state index < -0.39 is 11.6 Å². The highest BCUT2D eigenvalue weighted by molar-refractivity contribution is 5.50. The zero-order valence-electron chi connectivity index (χ0n) is 11.8. The van der Waals surface area contributed by atoms with Crippen molar-refractivity contribution in [2.75, 3.05) is 5.32 Å². The molecular weight excluding hydrogens is 272 g/mol. The second-order valence-electron chi connectivity index (χ2n) is 5.55. The molecule has 0 bridgehead atoms. The first kappa shape index (κ1) is 13.9. The fourth-order valence-electron chi connectivity index (χ4n) is 2.90. The Kier molecular flexibility index (Phi) is 3.53. The number of aryl methyl sites for hydroxylation is 2. The van der Waals surface area contributed by atoms with E-state index in [1.807, 2.05) is 6.07 Å². The lowest BCUT2D eigenvalue weighted by molar-refractivity contribution is 0.472. The number of benzene rings is 2. The number of anilines is 1. The van der Waals surface area contributed by atoms with Crippen molar-refractivity contribution in [2.24, 2.45) is 0 Å². The van der Waals surface area contributed by atoms with Crippen LogP contribution in [0.3, 0.4) is 0 Å². The summed E-state index contributed by atoms with van der Waals surface area (Å²) >= 11 is 0. The van der Waals surface area contributed by atoms with Gasteiger partial charge in [-0.25, -0.2) is 8.78 Å². The number of rotatable bonds is 2. The molecule has 0 aliphatic heterocycles. The molecule has 0 fully saturated rings. The largest absolute Gasteiger partial charge is 0.508 e. The van der Waals surface area contributed by atoms with Gasteiger partial charge in [-0.1, -0.05) is 6.07 Å². The van der Waals surface area contributed by atoms with Gasteiger partial charge in [0.15, 0.2) is 0 Å². The molecule has 0 saturated carbocycles. The molecule has 1 atom stereocenters. The molecule has 1 aliphatic rings. The Morgan fingerprint density at radius 2 is 1.95 bits per heavy atom. The van der Waals surface area contributed by atoms with Crippen LogP contribution in [-0.2, 0) is 6.42 Å². The highest BCUT2D eigenvalue weighted by Crippen LogP contribution is 2.35. The monoisotopic (exact) mass is 289 g/mol. The minimum Gasteiger partial charge on any atom is -0.508 e. The Hall–Kier alpha value is -2.10. The molecule has 0 radical (unpaired) electrons. The lowest BCUT2D eigenvalue weighted by Gasteiger charge is -2.27. The SMILES string of the molecule is Cc1cc(F)c(NC2CCCc3cc(O)ccc32)cc1F. The Balaban J connectivity index is 1.92. The third-order valence-electron chi connectivity index (χ3n) is 4.02. The molecule has 0 spiro atoms. The Labute approximate surface area is 122 Å². The highest BCUT2D eigenvalue weighted by atomic mass is 19.1. The van der Waals surface area contributed by atoms with Crippen LogP contribution in [0.4, 0.5) is 14.5 Å². The third-order valence-corrected chi connectivity index (χ3v) is 4.02. The van der Waals surface area contributed by atoms with E-state index in [1.165, 1.54) is 12.1 Å². The van der Waals surface area contributed by atoms with Gasteiger partial charge >= 0.3 is 0 Å². The van der Waals surface area contributed by atoms with Gasteiger partial charge in [0.05, 0.1) is 11.7 Å². The van der Waals surface area contributed by atoms with Crippen LogP contribution in [0, 0.1) is 18.6 Å². The molecule has 110 valence electrons. The predicted octanol–water partition coefficient (Wildman–Crippen LogP) is 4.47. The molecule has 2 aromatic rings. The number of fused-ring (bicyclic) bond motifs is 1. The van der Waals surface area contributed by atoms with Gasteiger partial charge in [0.2, 0.25) is 0 Å². The topological polar surface area (TPSA) is 32.3 Å². The predicted molar refractivity (Wildman–Crippen MR) is 78.5 cm³/mol. The molecule has 1 unspecified atom stereocenters. The first-order chi connectivity index (χ1) is 10.0. The van der Waals surface area contributed by atoms with Gasteiger partial charge in [-0.05, 0) is 61.1 Å². The second-order valence-corrected chi connectivity index (χ2v) is 5.55. The van der Waals surface area contributed by atoms with Crippen molar-refractivity contribution < 1.29 is 13.9 Å². The number of phenolic OH excluding ortho intramolecular Hbond substituents is 1. The Morgan fingerprint density at radius 3 is 2.76 bits per heavy atom. The molecule has 2 N–H and O–H groups in total. The number of aromatic hydroxyl groups is 1. The number of hydrogen-bond donors (Lipinski definition) is 2. The number of phenols is 1. The molecule has 1 aliphatic carbocycles. The standard InChI is InChI=1S/C17H17F2NO/c1-10-7-15(19)17(9-14(10)18)20-16-4-2-3-11-8-12(21)5-6-13(11)16/h5-9,16,20-21H,2-4H2,1H3. The first-order valence-electron chi connectivity index (χ1n) is 7.08. The van der Waals surface area contributed by atoms with Crippen LogP contribution in [-0.4, -0.2) is 5.11 Å². The van der Waals surface area contributed by atoms with Crippen LogP contribution in [0.1, 0.15) is 35.6 Å². The zero-order chi connectivity index (χ0) is 15.0. The van der Waals surface area contributed by atoms with Crippen LogP contribution >= 0.6 is 0 Å². The van der Waals surface area contributed by atoms with Crippen molar-refractivity contribution in [3.8, 4) is 5.75 Å². The van der Waals surface area contributed by atoms with Crippen LogP contribution in [0.5, 0.6) is 5.75 Å². The van der Waals surface area contributed by atoms with Crippen LogP contribution < -0.4 is 5.32 Å². The minimum absolute atomic E-state index is 0.0639. The third kappa shape index (κ3) is 2.71. The second kappa shape index (κ2) is 5.35. The summed E-state index contributed by atoms with van der Waals surface area (Å²) in [5, 5.41) is 12.6. The molecule has 0 saturated heterocycles. The fourth-order valence-corrected chi connectivity index (χ4v) is 2.90. The zero-order valence-corrected chi connectivity index (χ0v) is 11.8. The Morgan fingerprint density at radius 1 is 1.14 bits per heavy atom. The summed E-state index contributed by atoms with van der Waals surface area (Å²) in [6.07, 6.45) is 2.70. The van der Waals surface area contributed by atoms with Crippen LogP contribution in [0.2, 0.25) is 0 Å². The van der Waals surface area contributed by atoms with E-state index in [9.17, 15) is 13.9 Å². The molecule has 21 heavy (non-hydrogen) atoms. The van der Waals surface area contributed by atoms with Gasteiger partial charge in [-0.15, -0.1) is 0 Å². The van der Waals surface area contributed by atoms with E-state index in [2.05, 4.69) is 5.32 Å². The van der Waals surface area contributed by atoms with E-state index in [0.29, 0.717) is 5.56 Å². The minimum atomic E-state index is -0.445. The van der Waals surface area contributed by atoms with E-state index in [4.69, 9.17) is 0 Å². The molecule has 0 amide bonds. The first-order valence-corrected chi connectivity index (χ1v) is 7.08. The highest BCUT2D eigenvalue weighted by Gasteiger charge is 2.21. The number of halogens is 2. The van der Waals surface area contributed by atoms with Crippen molar-refractivity contribution in [1.29, 1.82) is 0 Å². The molecule has 2 nitrogen and oxygen atoms in total. The summed E-state index contributed by atoms with van der Waals surface area (Å²) < 4.78 is 27.6. The van der Waals surface area contributed by atoms with Crippen molar-refractivity contribution in [2.45, 2.75) is 32.2 Å². The maximum Gasteiger partial charge on any atom is 0.146 e. The van der Waals surface area contributed by atoms with Gasteiger partial charge in [0, 0.05) is 6.07 Å². The molecule has 4 heteroatoms. The molecule has 3 rings (SSSR count). The quantitative estimate of drug-likeness (QED) is 0.855. The molecular formula is C17H17F2NO. The molecule has 0 heterocycles. The maximum atomic E-state index is 14.0. The lowest BCUT2D eigenvalue weighted by atomic mass is 9.87. The number of nitrogens with one attached hydrogen (secondary N) is 1. The van der Waals surface area contributed by atoms with Gasteiger partial charge in [-0.2, -0.15) is 0 Å². The lowest BCUT2D eigenvalue weighted by Crippen LogP contribution is -2.18. The van der Waals surface area contributed by atoms with Gasteiger partial charge in [0.25, 0.3) is 0 Å². The van der Waals surface area contributed by atoms with E-state index in [0.717, 1.165) is 30.4 Å². The van der Waals surface area contributed by atoms with E-state index >= 15 is 0 Å². The van der Waals surface area contributed by atoms with Crippen LogP contribution in [0.25, 0.3) is 0 Å². The molecule has 0 aromatic heterocycles. The maximum absolute atomic E-state index is 14.0. The Bertz CT molecular complexity index is 685. The van der Waals surface area contributed by atoms with Crippen molar-refractivity contribution in [3.63, 3.8) is 0 Å². The summed E-state index contributed by atoms with van der Waals surface area (Å²) in [5.74, 6) is -0.623. The summed E-state index contributed by atoms with van der Waals surface area (Å²) in [7, 11) is 0. The number of hydrogen-bond acceptors (Lipinski definition) is 2. The normalized spacial score (nSPS) is 17.4. The summed E-state index contributed by atoms with van der Waals surface area (Å²) in [6.45, 7) is 1.54. The van der Waals surface area contributed by atoms with Gasteiger partial charge in [0.1, 0.15) is 17.4 Å². The van der Waals surface area contributed by atoms with Gasteiger partial charge < -0.3 is 10.4 Å². The summed E-state index contributed by atoms with van der Waals surface area (Å²) in [6, 6.07) is 7.58. The van der Waals surface area contributed by atoms with Gasteiger partial charge in [-0.3, -0.25) is 0 Å². The van der Waals surface area contributed by atoms with Crippen molar-refractivity contribution in [1.82, 2.24) is 0 Å². The summed E-state index contributed by atoms with van der Waals surface area (Å²) in [4.78, 5) is 0.